The van der Waals surface area contributed by atoms with Crippen molar-refractivity contribution in [3.05, 3.63) is 79.1 Å². The van der Waals surface area contributed by atoms with Crippen molar-refractivity contribution in [3.63, 3.8) is 0 Å². The molecule has 0 aliphatic carbocycles. The van der Waals surface area contributed by atoms with Crippen LogP contribution in [-0.4, -0.2) is 15.0 Å². The predicted molar refractivity (Wildman–Crippen MR) is 92.5 cm³/mol. The van der Waals surface area contributed by atoms with Crippen LogP contribution in [0.15, 0.2) is 79.1 Å². The van der Waals surface area contributed by atoms with Crippen molar-refractivity contribution in [3.8, 4) is 11.4 Å². The van der Waals surface area contributed by atoms with Crippen LogP contribution in [0.1, 0.15) is 0 Å². The van der Waals surface area contributed by atoms with Crippen molar-refractivity contribution in [2.24, 2.45) is 0 Å². The monoisotopic (exact) mass is 298 g/mol. The van der Waals surface area contributed by atoms with Gasteiger partial charge in [-0.15, -0.1) is 0 Å². The van der Waals surface area contributed by atoms with E-state index in [-0.39, 0.29) is 0 Å². The number of rotatable bonds is 3. The van der Waals surface area contributed by atoms with Crippen LogP contribution in [0, 0.1) is 0 Å². The molecule has 2 aromatic carbocycles. The Bertz CT molecular complexity index is 937. The Morgan fingerprint density at radius 3 is 2.39 bits per heavy atom. The number of hydrogen-bond donors (Lipinski definition) is 1. The second-order valence-corrected chi connectivity index (χ2v) is 5.15. The van der Waals surface area contributed by atoms with Crippen molar-refractivity contribution < 1.29 is 0 Å². The molecular formula is C19H14N4. The predicted octanol–water partition coefficient (Wildman–Crippen LogP) is 4.44. The quantitative estimate of drug-likeness (QED) is 0.607. The molecule has 0 fully saturated rings. The van der Waals surface area contributed by atoms with E-state index in [1.165, 1.54) is 0 Å². The lowest BCUT2D eigenvalue weighted by Gasteiger charge is -2.10. The van der Waals surface area contributed by atoms with Crippen molar-refractivity contribution in [1.82, 2.24) is 15.0 Å². The SMILES string of the molecule is c1ccc(-c2nc(Nc3cccnc3)c3ccccc3n2)cc1. The molecule has 0 unspecified atom stereocenters. The van der Waals surface area contributed by atoms with E-state index in [0.29, 0.717) is 5.82 Å². The fraction of sp³-hybridized carbons (Fsp3) is 0. The van der Waals surface area contributed by atoms with Gasteiger partial charge in [0.15, 0.2) is 5.82 Å². The van der Waals surface area contributed by atoms with Gasteiger partial charge in [0.2, 0.25) is 0 Å². The Hall–Kier alpha value is -3.27. The van der Waals surface area contributed by atoms with E-state index in [4.69, 9.17) is 4.98 Å². The first-order valence-electron chi connectivity index (χ1n) is 7.39. The highest BCUT2D eigenvalue weighted by Crippen LogP contribution is 2.26. The average Bonchev–Trinajstić information content (AvgIpc) is 2.63. The maximum absolute atomic E-state index is 4.72. The zero-order valence-corrected chi connectivity index (χ0v) is 12.3. The maximum atomic E-state index is 4.72. The Kier molecular flexibility index (Phi) is 3.41. The molecular weight excluding hydrogens is 284 g/mol. The largest absolute Gasteiger partial charge is 0.338 e. The molecule has 4 heteroatoms. The van der Waals surface area contributed by atoms with Crippen molar-refractivity contribution >= 4 is 22.4 Å². The Morgan fingerprint density at radius 2 is 1.57 bits per heavy atom. The molecule has 110 valence electrons. The van der Waals surface area contributed by atoms with Crippen LogP contribution in [0.3, 0.4) is 0 Å². The summed E-state index contributed by atoms with van der Waals surface area (Å²) in [5, 5.41) is 4.33. The number of anilines is 2. The molecule has 4 aromatic rings. The number of hydrogen-bond acceptors (Lipinski definition) is 4. The van der Waals surface area contributed by atoms with Crippen LogP contribution in [0.2, 0.25) is 0 Å². The van der Waals surface area contributed by atoms with E-state index in [1.54, 1.807) is 12.4 Å². The third kappa shape index (κ3) is 2.74. The summed E-state index contributed by atoms with van der Waals surface area (Å²) in [7, 11) is 0. The Morgan fingerprint density at radius 1 is 0.739 bits per heavy atom. The summed E-state index contributed by atoms with van der Waals surface area (Å²) < 4.78 is 0. The standard InChI is InChI=1S/C19H14N4/c1-2-7-14(8-3-1)18-22-17-11-5-4-10-16(17)19(23-18)21-15-9-6-12-20-13-15/h1-13H,(H,21,22,23). The molecule has 0 aliphatic rings. The lowest BCUT2D eigenvalue weighted by atomic mass is 10.2. The molecule has 0 radical (unpaired) electrons. The van der Waals surface area contributed by atoms with Gasteiger partial charge in [0.1, 0.15) is 5.82 Å². The van der Waals surface area contributed by atoms with Crippen LogP contribution in [0.4, 0.5) is 11.5 Å². The molecule has 0 saturated heterocycles. The summed E-state index contributed by atoms with van der Waals surface area (Å²) >= 11 is 0. The fourth-order valence-electron chi connectivity index (χ4n) is 2.46. The summed E-state index contributed by atoms with van der Waals surface area (Å²) in [6, 6.07) is 21.8. The lowest BCUT2D eigenvalue weighted by molar-refractivity contribution is 1.22. The number of benzene rings is 2. The van der Waals surface area contributed by atoms with Gasteiger partial charge in [0.25, 0.3) is 0 Å². The highest BCUT2D eigenvalue weighted by Gasteiger charge is 2.09. The number of nitrogens with zero attached hydrogens (tertiary/aromatic N) is 3. The smallest absolute Gasteiger partial charge is 0.162 e. The van der Waals surface area contributed by atoms with Gasteiger partial charge in [0, 0.05) is 17.1 Å². The molecule has 0 atom stereocenters. The number of para-hydroxylation sites is 1. The van der Waals surface area contributed by atoms with E-state index in [0.717, 1.165) is 28.0 Å². The van der Waals surface area contributed by atoms with Gasteiger partial charge in [-0.05, 0) is 24.3 Å². The van der Waals surface area contributed by atoms with E-state index >= 15 is 0 Å². The van der Waals surface area contributed by atoms with Gasteiger partial charge in [-0.25, -0.2) is 9.97 Å². The summed E-state index contributed by atoms with van der Waals surface area (Å²) in [5.41, 5.74) is 2.80. The van der Waals surface area contributed by atoms with Crippen LogP contribution in [0.25, 0.3) is 22.3 Å². The van der Waals surface area contributed by atoms with Crippen molar-refractivity contribution in [2.45, 2.75) is 0 Å². The highest BCUT2D eigenvalue weighted by molar-refractivity contribution is 5.92. The van der Waals surface area contributed by atoms with Gasteiger partial charge in [-0.2, -0.15) is 0 Å². The molecule has 0 aliphatic heterocycles. The van der Waals surface area contributed by atoms with Crippen molar-refractivity contribution in [1.29, 1.82) is 0 Å². The van der Waals surface area contributed by atoms with Gasteiger partial charge < -0.3 is 5.32 Å². The number of aromatic nitrogens is 3. The topological polar surface area (TPSA) is 50.7 Å². The summed E-state index contributed by atoms with van der Waals surface area (Å²) in [6.45, 7) is 0. The molecule has 2 aromatic heterocycles. The number of pyridine rings is 1. The van der Waals surface area contributed by atoms with Crippen molar-refractivity contribution in [2.75, 3.05) is 5.32 Å². The van der Waals surface area contributed by atoms with E-state index in [2.05, 4.69) is 15.3 Å². The second-order valence-electron chi connectivity index (χ2n) is 5.15. The Balaban J connectivity index is 1.87. The summed E-state index contributed by atoms with van der Waals surface area (Å²) in [4.78, 5) is 13.5. The molecule has 0 saturated carbocycles. The van der Waals surface area contributed by atoms with Gasteiger partial charge in [-0.1, -0.05) is 42.5 Å². The van der Waals surface area contributed by atoms with E-state index < -0.39 is 0 Å². The van der Waals surface area contributed by atoms with Gasteiger partial charge >= 0.3 is 0 Å². The number of nitrogens with one attached hydrogen (secondary N) is 1. The Labute approximate surface area is 133 Å². The summed E-state index contributed by atoms with van der Waals surface area (Å²) in [5.74, 6) is 1.48. The number of fused-ring (bicyclic) bond motifs is 1. The molecule has 0 bridgehead atoms. The maximum Gasteiger partial charge on any atom is 0.162 e. The van der Waals surface area contributed by atoms with E-state index in [1.807, 2.05) is 66.7 Å². The van der Waals surface area contributed by atoms with Crippen LogP contribution >= 0.6 is 0 Å². The average molecular weight is 298 g/mol. The summed E-state index contributed by atoms with van der Waals surface area (Å²) in [6.07, 6.45) is 3.53. The molecule has 23 heavy (non-hydrogen) atoms. The third-order valence-corrected chi connectivity index (χ3v) is 3.56. The van der Waals surface area contributed by atoms with E-state index in [9.17, 15) is 0 Å². The fourth-order valence-corrected chi connectivity index (χ4v) is 2.46. The minimum Gasteiger partial charge on any atom is -0.338 e. The molecule has 4 nitrogen and oxygen atoms in total. The van der Waals surface area contributed by atoms with Crippen LogP contribution < -0.4 is 5.32 Å². The third-order valence-electron chi connectivity index (χ3n) is 3.56. The molecule has 0 spiro atoms. The molecule has 1 N–H and O–H groups in total. The first-order valence-corrected chi connectivity index (χ1v) is 7.39. The molecule has 0 amide bonds. The first-order chi connectivity index (χ1) is 11.4. The van der Waals surface area contributed by atoms with Gasteiger partial charge in [-0.3, -0.25) is 4.98 Å². The minimum atomic E-state index is 0.704. The second kappa shape index (κ2) is 5.85. The highest BCUT2D eigenvalue weighted by atomic mass is 15.0. The molecule has 2 heterocycles. The zero-order valence-electron chi connectivity index (χ0n) is 12.3. The zero-order chi connectivity index (χ0) is 15.5. The molecule has 4 rings (SSSR count). The van der Waals surface area contributed by atoms with Gasteiger partial charge in [0.05, 0.1) is 17.4 Å². The van der Waals surface area contributed by atoms with Crippen LogP contribution in [0.5, 0.6) is 0 Å². The van der Waals surface area contributed by atoms with Crippen LogP contribution in [-0.2, 0) is 0 Å². The minimum absolute atomic E-state index is 0.704. The first kappa shape index (κ1) is 13.4. The lowest BCUT2D eigenvalue weighted by Crippen LogP contribution is -1.99. The normalized spacial score (nSPS) is 10.6.